The van der Waals surface area contributed by atoms with Gasteiger partial charge in [0.05, 0.1) is 41.6 Å². The zero-order valence-corrected chi connectivity index (χ0v) is 15.1. The average molecular weight is 412 g/mol. The lowest BCUT2D eigenvalue weighted by Gasteiger charge is -2.34. The molecule has 2 atom stereocenters. The van der Waals surface area contributed by atoms with Crippen molar-refractivity contribution >= 4 is 17.0 Å². The number of nitrogens with zero attached hydrogens (tertiary/aromatic N) is 5. The van der Waals surface area contributed by atoms with Gasteiger partial charge in [0.25, 0.3) is 0 Å². The fraction of sp³-hybridized carbons (Fsp3) is 0.389. The van der Waals surface area contributed by atoms with Crippen molar-refractivity contribution in [3.63, 3.8) is 0 Å². The lowest BCUT2D eigenvalue weighted by atomic mass is 10.1. The zero-order valence-electron chi connectivity index (χ0n) is 15.1. The van der Waals surface area contributed by atoms with Crippen LogP contribution in [0.2, 0.25) is 0 Å². The molecule has 0 unspecified atom stereocenters. The Labute approximate surface area is 162 Å². The molecule has 11 heteroatoms. The molecule has 0 aliphatic carbocycles. The first-order chi connectivity index (χ1) is 13.7. The molecule has 0 saturated carbocycles. The molecule has 1 aliphatic heterocycles. The van der Waals surface area contributed by atoms with Crippen LogP contribution in [0.1, 0.15) is 17.8 Å². The molecule has 0 radical (unpaired) electrons. The Balaban J connectivity index is 1.81. The van der Waals surface area contributed by atoms with Gasteiger partial charge in [0.15, 0.2) is 5.82 Å². The van der Waals surface area contributed by atoms with Crippen LogP contribution in [0.4, 0.5) is 27.9 Å². The highest BCUT2D eigenvalue weighted by Crippen LogP contribution is 2.33. The number of hydrogen-bond donors (Lipinski definition) is 1. The summed E-state index contributed by atoms with van der Waals surface area (Å²) in [5, 5.41) is 0. The van der Waals surface area contributed by atoms with E-state index in [1.807, 2.05) is 0 Å². The van der Waals surface area contributed by atoms with Crippen LogP contribution in [-0.2, 0) is 12.7 Å². The van der Waals surface area contributed by atoms with E-state index in [0.717, 1.165) is 24.5 Å². The van der Waals surface area contributed by atoms with Crippen LogP contribution in [0.15, 0.2) is 30.6 Å². The predicted octanol–water partition coefficient (Wildman–Crippen LogP) is 2.91. The third-order valence-corrected chi connectivity index (χ3v) is 4.88. The molecule has 3 aromatic rings. The van der Waals surface area contributed by atoms with E-state index in [-0.39, 0.29) is 30.9 Å². The van der Waals surface area contributed by atoms with Crippen molar-refractivity contribution < 1.29 is 22.0 Å². The summed E-state index contributed by atoms with van der Waals surface area (Å²) in [4.78, 5) is 13.9. The predicted molar refractivity (Wildman–Crippen MR) is 95.5 cm³/mol. The molecular weight excluding hydrogens is 395 g/mol. The molecule has 29 heavy (non-hydrogen) atoms. The van der Waals surface area contributed by atoms with E-state index in [1.165, 1.54) is 10.6 Å². The van der Waals surface area contributed by atoms with Gasteiger partial charge in [0.1, 0.15) is 12.0 Å². The van der Waals surface area contributed by atoms with E-state index < -0.39 is 29.8 Å². The number of fused-ring (bicyclic) bond motifs is 1. The summed E-state index contributed by atoms with van der Waals surface area (Å²) in [6.45, 7) is 0.452. The normalized spacial score (nSPS) is 20.4. The van der Waals surface area contributed by atoms with E-state index >= 15 is 0 Å². The average Bonchev–Trinajstić information content (AvgIpc) is 3.03. The van der Waals surface area contributed by atoms with Crippen LogP contribution in [0.5, 0.6) is 0 Å². The summed E-state index contributed by atoms with van der Waals surface area (Å²) in [7, 11) is 0. The molecule has 2 aromatic heterocycles. The number of aromatic nitrogens is 4. The van der Waals surface area contributed by atoms with Crippen molar-refractivity contribution in [3.8, 4) is 0 Å². The molecule has 0 spiro atoms. The SMILES string of the molecule is N[C@@H]1CN(c2nc3ccc(C(F)(F)F)cc3n2Cc2ncc(F)cn2)CC[C@@H]1F. The van der Waals surface area contributed by atoms with E-state index in [2.05, 4.69) is 15.0 Å². The van der Waals surface area contributed by atoms with Crippen LogP contribution >= 0.6 is 0 Å². The summed E-state index contributed by atoms with van der Waals surface area (Å²) in [6.07, 6.45) is -3.53. The van der Waals surface area contributed by atoms with Gasteiger partial charge < -0.3 is 15.2 Å². The minimum atomic E-state index is -4.52. The van der Waals surface area contributed by atoms with Crippen LogP contribution in [0.25, 0.3) is 11.0 Å². The number of halogens is 5. The van der Waals surface area contributed by atoms with E-state index in [9.17, 15) is 22.0 Å². The Morgan fingerprint density at radius 1 is 1.17 bits per heavy atom. The van der Waals surface area contributed by atoms with E-state index in [0.29, 0.717) is 18.0 Å². The highest BCUT2D eigenvalue weighted by atomic mass is 19.4. The molecule has 154 valence electrons. The number of anilines is 1. The van der Waals surface area contributed by atoms with Crippen LogP contribution in [0, 0.1) is 5.82 Å². The molecular formula is C18H17F5N6. The van der Waals surface area contributed by atoms with Gasteiger partial charge in [-0.1, -0.05) is 0 Å². The van der Waals surface area contributed by atoms with Crippen molar-refractivity contribution in [2.45, 2.75) is 31.4 Å². The van der Waals surface area contributed by atoms with Crippen molar-refractivity contribution in [1.82, 2.24) is 19.5 Å². The maximum absolute atomic E-state index is 13.8. The molecule has 0 bridgehead atoms. The highest BCUT2D eigenvalue weighted by Gasteiger charge is 2.33. The van der Waals surface area contributed by atoms with E-state index in [4.69, 9.17) is 5.73 Å². The lowest BCUT2D eigenvalue weighted by Crippen LogP contribution is -2.50. The summed E-state index contributed by atoms with van der Waals surface area (Å²) >= 11 is 0. The van der Waals surface area contributed by atoms with Gasteiger partial charge >= 0.3 is 6.18 Å². The quantitative estimate of drug-likeness (QED) is 0.670. The number of piperidine rings is 1. The molecule has 3 heterocycles. The molecule has 0 amide bonds. The third kappa shape index (κ3) is 3.86. The minimum absolute atomic E-state index is 0.0295. The molecule has 1 fully saturated rings. The monoisotopic (exact) mass is 412 g/mol. The number of alkyl halides is 4. The number of rotatable bonds is 3. The Morgan fingerprint density at radius 2 is 1.90 bits per heavy atom. The van der Waals surface area contributed by atoms with E-state index in [1.54, 1.807) is 4.90 Å². The van der Waals surface area contributed by atoms with Gasteiger partial charge in [-0.3, -0.25) is 0 Å². The summed E-state index contributed by atoms with van der Waals surface area (Å²) < 4.78 is 68.1. The largest absolute Gasteiger partial charge is 0.416 e. The fourth-order valence-corrected chi connectivity index (χ4v) is 3.38. The molecule has 2 N–H and O–H groups in total. The first-order valence-corrected chi connectivity index (χ1v) is 8.91. The van der Waals surface area contributed by atoms with Gasteiger partial charge in [-0.2, -0.15) is 13.2 Å². The molecule has 6 nitrogen and oxygen atoms in total. The topological polar surface area (TPSA) is 72.9 Å². The Bertz CT molecular complexity index is 1020. The Morgan fingerprint density at radius 3 is 2.55 bits per heavy atom. The molecule has 1 aliphatic rings. The Hall–Kier alpha value is -2.82. The van der Waals surface area contributed by atoms with Gasteiger partial charge in [-0.25, -0.2) is 23.7 Å². The minimum Gasteiger partial charge on any atom is -0.340 e. The van der Waals surface area contributed by atoms with Crippen LogP contribution in [0.3, 0.4) is 0 Å². The van der Waals surface area contributed by atoms with Crippen molar-refractivity contribution in [1.29, 1.82) is 0 Å². The molecule has 4 rings (SSSR count). The molecule has 1 saturated heterocycles. The number of nitrogens with two attached hydrogens (primary N) is 1. The second-order valence-electron chi connectivity index (χ2n) is 6.93. The first-order valence-electron chi connectivity index (χ1n) is 8.91. The number of benzene rings is 1. The second kappa shape index (κ2) is 7.21. The van der Waals surface area contributed by atoms with Crippen LogP contribution in [-0.4, -0.2) is 44.8 Å². The van der Waals surface area contributed by atoms with Crippen molar-refractivity contribution in [2.24, 2.45) is 5.73 Å². The smallest absolute Gasteiger partial charge is 0.340 e. The maximum atomic E-state index is 13.8. The van der Waals surface area contributed by atoms with Crippen molar-refractivity contribution in [3.05, 3.63) is 47.8 Å². The summed E-state index contributed by atoms with van der Waals surface area (Å²) in [5.41, 5.74) is 5.57. The number of imidazole rings is 1. The Kier molecular flexibility index (Phi) is 4.85. The van der Waals surface area contributed by atoms with Gasteiger partial charge in [-0.15, -0.1) is 0 Å². The highest BCUT2D eigenvalue weighted by molar-refractivity contribution is 5.80. The zero-order chi connectivity index (χ0) is 20.8. The summed E-state index contributed by atoms with van der Waals surface area (Å²) in [6, 6.07) is 2.50. The second-order valence-corrected chi connectivity index (χ2v) is 6.93. The van der Waals surface area contributed by atoms with Crippen LogP contribution < -0.4 is 10.6 Å². The van der Waals surface area contributed by atoms with Crippen molar-refractivity contribution in [2.75, 3.05) is 18.0 Å². The number of hydrogen-bond acceptors (Lipinski definition) is 5. The lowest BCUT2D eigenvalue weighted by molar-refractivity contribution is -0.137. The third-order valence-electron chi connectivity index (χ3n) is 4.88. The fourth-order valence-electron chi connectivity index (χ4n) is 3.38. The molecule has 1 aromatic carbocycles. The van der Waals surface area contributed by atoms with Gasteiger partial charge in [0, 0.05) is 13.1 Å². The maximum Gasteiger partial charge on any atom is 0.416 e. The van der Waals surface area contributed by atoms with Gasteiger partial charge in [0.2, 0.25) is 5.95 Å². The standard InChI is InChI=1S/C18H17F5N6/c19-11-6-25-16(26-7-11)9-29-15-5-10(18(21,22)23)1-2-14(15)27-17(29)28-4-3-12(20)13(24)8-28/h1-2,5-7,12-13H,3-4,8-9,24H2/t12-,13+/m0/s1. The summed E-state index contributed by atoms with van der Waals surface area (Å²) in [5.74, 6) is -0.0801. The van der Waals surface area contributed by atoms with Gasteiger partial charge in [-0.05, 0) is 24.6 Å². The first kappa shape index (κ1) is 19.5.